The Morgan fingerprint density at radius 1 is 1.30 bits per heavy atom. The van der Waals surface area contributed by atoms with Gasteiger partial charge in [0.15, 0.2) is 5.65 Å². The average molecular weight is 292 g/mol. The molecule has 20 heavy (non-hydrogen) atoms. The average Bonchev–Trinajstić information content (AvgIpc) is 2.80. The highest BCUT2D eigenvalue weighted by atomic mass is 35.5. The molecule has 2 aromatic heterocycles. The first-order chi connectivity index (χ1) is 9.65. The first kappa shape index (κ1) is 13.9. The van der Waals surface area contributed by atoms with Gasteiger partial charge in [-0.3, -0.25) is 0 Å². The van der Waals surface area contributed by atoms with Crippen LogP contribution in [0, 0.1) is 6.92 Å². The summed E-state index contributed by atoms with van der Waals surface area (Å²) < 4.78 is 2.39. The van der Waals surface area contributed by atoms with Crippen LogP contribution in [0.4, 0.5) is 0 Å². The third-order valence-electron chi connectivity index (χ3n) is 4.61. The molecule has 0 atom stereocenters. The Hall–Kier alpha value is -1.09. The molecule has 4 heteroatoms. The minimum absolute atomic E-state index is 0.148. The molecule has 3 rings (SSSR count). The monoisotopic (exact) mass is 291 g/mol. The molecule has 2 heterocycles. The summed E-state index contributed by atoms with van der Waals surface area (Å²) in [6.07, 6.45) is 9.07. The molecule has 0 saturated heterocycles. The Morgan fingerprint density at radius 3 is 2.75 bits per heavy atom. The molecule has 0 spiro atoms. The van der Waals surface area contributed by atoms with Crippen molar-refractivity contribution in [1.82, 2.24) is 14.5 Å². The number of fused-ring (bicyclic) bond motifs is 1. The number of hydrogen-bond donors (Lipinski definition) is 0. The molecule has 0 amide bonds. The third kappa shape index (κ3) is 2.22. The summed E-state index contributed by atoms with van der Waals surface area (Å²) in [5.41, 5.74) is 3.42. The van der Waals surface area contributed by atoms with Gasteiger partial charge in [-0.2, -0.15) is 0 Å². The van der Waals surface area contributed by atoms with E-state index < -0.39 is 0 Å². The van der Waals surface area contributed by atoms with Crippen LogP contribution in [0.3, 0.4) is 0 Å². The van der Waals surface area contributed by atoms with Crippen LogP contribution < -0.4 is 0 Å². The van der Waals surface area contributed by atoms with Crippen LogP contribution in [0.5, 0.6) is 0 Å². The number of nitrogens with zero attached hydrogens (tertiary/aromatic N) is 3. The van der Waals surface area contributed by atoms with Crippen molar-refractivity contribution in [1.29, 1.82) is 0 Å². The van der Waals surface area contributed by atoms with Crippen molar-refractivity contribution in [2.45, 2.75) is 57.9 Å². The summed E-state index contributed by atoms with van der Waals surface area (Å²) in [6.45, 7) is 4.46. The van der Waals surface area contributed by atoms with Crippen molar-refractivity contribution in [2.24, 2.45) is 0 Å². The minimum atomic E-state index is 0.148. The molecular weight excluding hydrogens is 270 g/mol. The zero-order valence-corrected chi connectivity index (χ0v) is 13.1. The van der Waals surface area contributed by atoms with E-state index in [0.717, 1.165) is 23.4 Å². The lowest BCUT2D eigenvalue weighted by Crippen LogP contribution is -2.34. The van der Waals surface area contributed by atoms with Gasteiger partial charge in [0.05, 0.1) is 0 Å². The van der Waals surface area contributed by atoms with Gasteiger partial charge in [0.1, 0.15) is 11.3 Å². The Bertz CT molecular complexity index is 611. The van der Waals surface area contributed by atoms with Crippen LogP contribution in [-0.2, 0) is 12.0 Å². The van der Waals surface area contributed by atoms with Gasteiger partial charge >= 0.3 is 0 Å². The van der Waals surface area contributed by atoms with Gasteiger partial charge in [-0.05, 0) is 38.3 Å². The Balaban J connectivity index is 2.20. The highest BCUT2D eigenvalue weighted by molar-refractivity contribution is 6.17. The zero-order chi connectivity index (χ0) is 14.2. The lowest BCUT2D eigenvalue weighted by molar-refractivity contribution is 0.218. The van der Waals surface area contributed by atoms with Crippen molar-refractivity contribution in [3.8, 4) is 0 Å². The maximum Gasteiger partial charge on any atom is 0.160 e. The summed E-state index contributed by atoms with van der Waals surface area (Å²) >= 11 is 5.99. The van der Waals surface area contributed by atoms with Gasteiger partial charge in [-0.25, -0.2) is 9.97 Å². The van der Waals surface area contributed by atoms with Gasteiger partial charge in [0, 0.05) is 24.0 Å². The fraction of sp³-hybridized carbons (Fsp3) is 0.625. The SMILES string of the molecule is Cc1ccnc2c1nc(CCCl)n2C1(C)CCCCC1. The van der Waals surface area contributed by atoms with E-state index in [0.29, 0.717) is 5.88 Å². The number of alkyl halides is 1. The van der Waals surface area contributed by atoms with E-state index in [9.17, 15) is 0 Å². The molecule has 0 N–H and O–H groups in total. The molecular formula is C16H22ClN3. The highest BCUT2D eigenvalue weighted by Gasteiger charge is 2.32. The second-order valence-corrected chi connectivity index (χ2v) is 6.54. The molecule has 1 aliphatic rings. The Labute approximate surface area is 125 Å². The van der Waals surface area contributed by atoms with E-state index >= 15 is 0 Å². The predicted octanol–water partition coefficient (Wildman–Crippen LogP) is 4.20. The molecule has 2 aromatic rings. The van der Waals surface area contributed by atoms with E-state index in [2.05, 4.69) is 23.4 Å². The number of hydrogen-bond acceptors (Lipinski definition) is 2. The lowest BCUT2D eigenvalue weighted by atomic mass is 9.83. The van der Waals surface area contributed by atoms with E-state index in [1.165, 1.54) is 37.7 Å². The van der Waals surface area contributed by atoms with Gasteiger partial charge in [-0.1, -0.05) is 19.3 Å². The molecule has 0 unspecified atom stereocenters. The number of aryl methyl sites for hydroxylation is 2. The number of imidazole rings is 1. The van der Waals surface area contributed by atoms with Crippen molar-refractivity contribution in [3.63, 3.8) is 0 Å². The minimum Gasteiger partial charge on any atom is -0.307 e. The van der Waals surface area contributed by atoms with Crippen LogP contribution in [0.15, 0.2) is 12.3 Å². The van der Waals surface area contributed by atoms with Crippen molar-refractivity contribution >= 4 is 22.8 Å². The van der Waals surface area contributed by atoms with Crippen LogP contribution in [-0.4, -0.2) is 20.4 Å². The summed E-state index contributed by atoms with van der Waals surface area (Å²) in [5, 5.41) is 0. The van der Waals surface area contributed by atoms with E-state index in [1.807, 2.05) is 12.3 Å². The van der Waals surface area contributed by atoms with Gasteiger partial charge < -0.3 is 4.57 Å². The maximum atomic E-state index is 5.99. The fourth-order valence-electron chi connectivity index (χ4n) is 3.50. The van der Waals surface area contributed by atoms with Gasteiger partial charge in [-0.15, -0.1) is 11.6 Å². The molecule has 108 valence electrons. The zero-order valence-electron chi connectivity index (χ0n) is 12.3. The van der Waals surface area contributed by atoms with Crippen molar-refractivity contribution < 1.29 is 0 Å². The first-order valence-electron chi connectivity index (χ1n) is 7.55. The summed E-state index contributed by atoms with van der Waals surface area (Å²) in [5.74, 6) is 1.71. The standard InChI is InChI=1S/C16H22ClN3/c1-12-7-11-18-15-14(12)19-13(6-10-17)20(15)16(2)8-4-3-5-9-16/h7,11H,3-6,8-10H2,1-2H3. The molecule has 0 aromatic carbocycles. The first-order valence-corrected chi connectivity index (χ1v) is 8.08. The molecule has 0 radical (unpaired) electrons. The number of pyridine rings is 1. The number of halogens is 1. The summed E-state index contributed by atoms with van der Waals surface area (Å²) in [6, 6.07) is 2.04. The number of aromatic nitrogens is 3. The molecule has 0 aliphatic heterocycles. The van der Waals surface area contributed by atoms with Gasteiger partial charge in [0.2, 0.25) is 0 Å². The van der Waals surface area contributed by atoms with E-state index in [-0.39, 0.29) is 5.54 Å². The smallest absolute Gasteiger partial charge is 0.160 e. The lowest BCUT2D eigenvalue weighted by Gasteiger charge is -2.36. The predicted molar refractivity (Wildman–Crippen MR) is 83.4 cm³/mol. The van der Waals surface area contributed by atoms with Crippen LogP contribution in [0.2, 0.25) is 0 Å². The molecule has 1 fully saturated rings. The molecule has 1 aliphatic carbocycles. The van der Waals surface area contributed by atoms with E-state index in [4.69, 9.17) is 16.6 Å². The molecule has 3 nitrogen and oxygen atoms in total. The summed E-state index contributed by atoms with van der Waals surface area (Å²) in [7, 11) is 0. The third-order valence-corrected chi connectivity index (χ3v) is 4.80. The molecule has 0 bridgehead atoms. The van der Waals surface area contributed by atoms with Gasteiger partial charge in [0.25, 0.3) is 0 Å². The quantitative estimate of drug-likeness (QED) is 0.794. The van der Waals surface area contributed by atoms with Crippen molar-refractivity contribution in [3.05, 3.63) is 23.7 Å². The van der Waals surface area contributed by atoms with E-state index in [1.54, 1.807) is 0 Å². The Morgan fingerprint density at radius 2 is 2.05 bits per heavy atom. The second-order valence-electron chi connectivity index (χ2n) is 6.16. The Kier molecular flexibility index (Phi) is 3.72. The highest BCUT2D eigenvalue weighted by Crippen LogP contribution is 2.38. The summed E-state index contributed by atoms with van der Waals surface area (Å²) in [4.78, 5) is 9.46. The normalized spacial score (nSPS) is 18.6. The largest absolute Gasteiger partial charge is 0.307 e. The second kappa shape index (κ2) is 5.36. The van der Waals surface area contributed by atoms with Crippen LogP contribution in [0.25, 0.3) is 11.2 Å². The van der Waals surface area contributed by atoms with Crippen LogP contribution in [0.1, 0.15) is 50.4 Å². The van der Waals surface area contributed by atoms with Crippen LogP contribution >= 0.6 is 11.6 Å². The fourth-order valence-corrected chi connectivity index (χ4v) is 3.66. The maximum absolute atomic E-state index is 5.99. The number of rotatable bonds is 3. The molecule has 1 saturated carbocycles. The topological polar surface area (TPSA) is 30.7 Å². The van der Waals surface area contributed by atoms with Crippen molar-refractivity contribution in [2.75, 3.05) is 5.88 Å².